The number of fused-ring (bicyclic) bond motifs is 2. The number of carbonyl (C=O) groups is 1. The number of nitrogens with one attached hydrogen (secondary N) is 1. The van der Waals surface area contributed by atoms with E-state index < -0.39 is 0 Å². The summed E-state index contributed by atoms with van der Waals surface area (Å²) in [5.41, 5.74) is 10.7. The van der Waals surface area contributed by atoms with E-state index in [1.165, 1.54) is 45.1 Å². The first-order valence-electron chi connectivity index (χ1n) is 20.0. The van der Waals surface area contributed by atoms with Gasteiger partial charge in [-0.3, -0.25) is 4.79 Å². The first-order valence-corrected chi connectivity index (χ1v) is 20.0. The number of unbranched alkanes of at least 4 members (excludes halogenated alkanes) is 2. The normalized spacial score (nSPS) is 19.0. The summed E-state index contributed by atoms with van der Waals surface area (Å²) < 4.78 is 18.8. The van der Waals surface area contributed by atoms with Crippen LogP contribution in [0.15, 0.2) is 95.8 Å². The summed E-state index contributed by atoms with van der Waals surface area (Å²) in [5.74, 6) is 0.0928. The van der Waals surface area contributed by atoms with Gasteiger partial charge in [-0.15, -0.1) is 0 Å². The minimum Gasteiger partial charge on any atom is -0.379 e. The predicted octanol–water partition coefficient (Wildman–Crippen LogP) is 9.10. The maximum absolute atomic E-state index is 12.4. The van der Waals surface area contributed by atoms with E-state index in [-0.39, 0.29) is 16.7 Å². The second kappa shape index (κ2) is 19.5. The van der Waals surface area contributed by atoms with Gasteiger partial charge in [-0.25, -0.2) is 0 Å². The van der Waals surface area contributed by atoms with Crippen molar-refractivity contribution in [3.63, 3.8) is 0 Å². The zero-order chi connectivity index (χ0) is 37.7. The first-order chi connectivity index (χ1) is 25.6. The Labute approximate surface area is 319 Å². The van der Waals surface area contributed by atoms with Crippen LogP contribution in [0.1, 0.15) is 97.1 Å². The van der Waals surface area contributed by atoms with Gasteiger partial charge in [0.25, 0.3) is 0 Å². The first kappa shape index (κ1) is 40.4. The van der Waals surface area contributed by atoms with Crippen LogP contribution < -0.4 is 10.2 Å². The number of benzene rings is 2. The van der Waals surface area contributed by atoms with Gasteiger partial charge in [0.2, 0.25) is 11.6 Å². The van der Waals surface area contributed by atoms with Crippen molar-refractivity contribution in [1.82, 2.24) is 5.32 Å². The molecule has 0 unspecified atom stereocenters. The molecule has 0 saturated carbocycles. The number of para-hydroxylation sites is 2. The molecule has 1 aliphatic carbocycles. The van der Waals surface area contributed by atoms with Gasteiger partial charge in [-0.05, 0) is 81.2 Å². The van der Waals surface area contributed by atoms with Crippen molar-refractivity contribution < 1.29 is 23.6 Å². The third kappa shape index (κ3) is 10.5. The van der Waals surface area contributed by atoms with Crippen molar-refractivity contribution in [2.75, 3.05) is 64.7 Å². The Morgan fingerprint density at radius 2 is 1.51 bits per heavy atom. The molecule has 0 bridgehead atoms. The van der Waals surface area contributed by atoms with Crippen LogP contribution >= 0.6 is 0 Å². The molecule has 2 aromatic rings. The van der Waals surface area contributed by atoms with E-state index in [1.807, 2.05) is 0 Å². The Balaban J connectivity index is 1.12. The second-order valence-electron chi connectivity index (χ2n) is 15.6. The van der Waals surface area contributed by atoms with E-state index in [1.54, 1.807) is 0 Å². The van der Waals surface area contributed by atoms with Crippen LogP contribution in [-0.2, 0) is 29.8 Å². The molecule has 1 N–H and O–H groups in total. The topological polar surface area (TPSA) is 63.0 Å². The maximum Gasteiger partial charge on any atom is 0.220 e. The quantitative estimate of drug-likeness (QED) is 0.109. The SMILES string of the molecule is CCCOCCOCCOCCNC(=O)CCCCCN1/C(=C/C=C2C=C(/C=C/C3=[N+](C)c4ccccc4C3(C)C)CCC/2)C(C)(C)c2ccccc21. The van der Waals surface area contributed by atoms with Crippen molar-refractivity contribution in [2.24, 2.45) is 0 Å². The fourth-order valence-corrected chi connectivity index (χ4v) is 7.97. The molecular weight excluding hydrogens is 659 g/mol. The van der Waals surface area contributed by atoms with E-state index in [0.29, 0.717) is 46.0 Å². The molecule has 7 heteroatoms. The van der Waals surface area contributed by atoms with Gasteiger partial charge in [0.15, 0.2) is 5.71 Å². The standard InChI is InChI=1S/C46H63N3O4/c1-7-29-51-31-33-53-34-32-52-30-27-47-44(50)22-9-8-14-28-49-41-21-13-11-19-39(41)46(4,5)43(49)26-24-37-17-15-16-36(35-37)23-25-42-45(2,3)38-18-10-12-20-40(38)48(42)6/h10-13,18-21,23-26,35H,7-9,14-17,22,27-34H2,1-6H3/p+1. The smallest absolute Gasteiger partial charge is 0.220 e. The Hall–Kier alpha value is -3.78. The lowest BCUT2D eigenvalue weighted by Gasteiger charge is -2.27. The third-order valence-corrected chi connectivity index (χ3v) is 10.9. The van der Waals surface area contributed by atoms with E-state index >= 15 is 0 Å². The van der Waals surface area contributed by atoms with Gasteiger partial charge in [-0.2, -0.15) is 4.58 Å². The molecule has 5 rings (SSSR count). The summed E-state index contributed by atoms with van der Waals surface area (Å²) in [7, 11) is 2.19. The van der Waals surface area contributed by atoms with Gasteiger partial charge in [0, 0.05) is 60.6 Å². The summed E-state index contributed by atoms with van der Waals surface area (Å²) in [6.07, 6.45) is 19.7. The highest BCUT2D eigenvalue weighted by atomic mass is 16.5. The number of amides is 1. The van der Waals surface area contributed by atoms with Crippen molar-refractivity contribution in [1.29, 1.82) is 0 Å². The van der Waals surface area contributed by atoms with Gasteiger partial charge in [0.1, 0.15) is 7.05 Å². The average Bonchev–Trinajstić information content (AvgIpc) is 3.49. The molecule has 0 aromatic heterocycles. The third-order valence-electron chi connectivity index (χ3n) is 10.9. The van der Waals surface area contributed by atoms with Crippen LogP contribution in [0.5, 0.6) is 0 Å². The minimum atomic E-state index is -0.0871. The van der Waals surface area contributed by atoms with E-state index in [9.17, 15) is 4.79 Å². The number of rotatable bonds is 20. The maximum atomic E-state index is 12.4. The highest BCUT2D eigenvalue weighted by Gasteiger charge is 2.42. The predicted molar refractivity (Wildman–Crippen MR) is 219 cm³/mol. The van der Waals surface area contributed by atoms with Crippen LogP contribution in [0.2, 0.25) is 0 Å². The van der Waals surface area contributed by atoms with Gasteiger partial charge in [0.05, 0.1) is 38.4 Å². The Morgan fingerprint density at radius 3 is 2.26 bits per heavy atom. The number of anilines is 1. The molecule has 2 aliphatic heterocycles. The summed E-state index contributed by atoms with van der Waals surface area (Å²) in [5, 5.41) is 2.99. The van der Waals surface area contributed by atoms with Crippen molar-refractivity contribution in [3.05, 3.63) is 107 Å². The summed E-state index contributed by atoms with van der Waals surface area (Å²) in [6, 6.07) is 17.6. The molecule has 0 atom stereocenters. The Bertz CT molecular complexity index is 1700. The fraction of sp³-hybridized carbons (Fsp3) is 0.522. The van der Waals surface area contributed by atoms with E-state index in [0.717, 1.165) is 58.1 Å². The Morgan fingerprint density at radius 1 is 0.811 bits per heavy atom. The lowest BCUT2D eigenvalue weighted by Crippen LogP contribution is -2.28. The largest absolute Gasteiger partial charge is 0.379 e. The number of ether oxygens (including phenoxy) is 3. The zero-order valence-electron chi connectivity index (χ0n) is 33.3. The monoisotopic (exact) mass is 722 g/mol. The molecule has 2 heterocycles. The molecule has 0 saturated heterocycles. The van der Waals surface area contributed by atoms with Crippen LogP contribution in [0.25, 0.3) is 0 Å². The molecule has 0 fully saturated rings. The highest BCUT2D eigenvalue weighted by molar-refractivity contribution is 6.03. The van der Waals surface area contributed by atoms with E-state index in [2.05, 4.69) is 135 Å². The number of carbonyl (C=O) groups excluding carboxylic acids is 1. The lowest BCUT2D eigenvalue weighted by molar-refractivity contribution is -0.401. The average molecular weight is 723 g/mol. The van der Waals surface area contributed by atoms with Gasteiger partial charge in [-0.1, -0.05) is 81.8 Å². The molecule has 2 aromatic carbocycles. The number of nitrogens with zero attached hydrogens (tertiary/aromatic N) is 2. The minimum absolute atomic E-state index is 0.0194. The molecule has 286 valence electrons. The fourth-order valence-electron chi connectivity index (χ4n) is 7.97. The van der Waals surface area contributed by atoms with Crippen LogP contribution in [0.3, 0.4) is 0 Å². The molecule has 3 aliphatic rings. The summed E-state index contributed by atoms with van der Waals surface area (Å²) in [4.78, 5) is 15.0. The summed E-state index contributed by atoms with van der Waals surface area (Å²) in [6.45, 7) is 16.4. The molecular formula is C46H64N3O4+. The van der Waals surface area contributed by atoms with E-state index in [4.69, 9.17) is 14.2 Å². The molecule has 1 amide bonds. The molecule has 7 nitrogen and oxygen atoms in total. The molecule has 0 spiro atoms. The number of allylic oxidation sites excluding steroid dienone is 8. The number of hydrogen-bond donors (Lipinski definition) is 1. The molecule has 53 heavy (non-hydrogen) atoms. The van der Waals surface area contributed by atoms with Crippen LogP contribution in [0, 0.1) is 0 Å². The van der Waals surface area contributed by atoms with Crippen LogP contribution in [0.4, 0.5) is 11.4 Å². The van der Waals surface area contributed by atoms with Gasteiger partial charge < -0.3 is 24.4 Å². The van der Waals surface area contributed by atoms with Crippen molar-refractivity contribution in [2.45, 2.75) is 96.8 Å². The van der Waals surface area contributed by atoms with Crippen LogP contribution in [-0.4, -0.2) is 76.0 Å². The number of hydrogen-bond acceptors (Lipinski definition) is 5. The zero-order valence-corrected chi connectivity index (χ0v) is 33.3. The second-order valence-corrected chi connectivity index (χ2v) is 15.6. The summed E-state index contributed by atoms with van der Waals surface area (Å²) >= 11 is 0. The Kier molecular flexibility index (Phi) is 14.9. The lowest BCUT2D eigenvalue weighted by atomic mass is 9.81. The van der Waals surface area contributed by atoms with Gasteiger partial charge >= 0.3 is 0 Å². The highest BCUT2D eigenvalue weighted by Crippen LogP contribution is 2.48. The molecule has 0 radical (unpaired) electrons. The van der Waals surface area contributed by atoms with Crippen molar-refractivity contribution >= 4 is 23.0 Å². The van der Waals surface area contributed by atoms with Crippen molar-refractivity contribution in [3.8, 4) is 0 Å².